The highest BCUT2D eigenvalue weighted by molar-refractivity contribution is 6.30. The van der Waals surface area contributed by atoms with Crippen molar-refractivity contribution < 1.29 is 14.3 Å². The molecule has 2 aromatic carbocycles. The average Bonchev–Trinajstić information content (AvgIpc) is 3.06. The number of benzene rings is 2. The van der Waals surface area contributed by atoms with Gasteiger partial charge in [-0.15, -0.1) is 0 Å². The first-order chi connectivity index (χ1) is 12.6. The molecule has 0 aliphatic heterocycles. The smallest absolute Gasteiger partial charge is 0.255 e. The normalized spacial score (nSPS) is 10.4. The highest BCUT2D eigenvalue weighted by atomic mass is 35.5. The predicted octanol–water partition coefficient (Wildman–Crippen LogP) is 3.85. The monoisotopic (exact) mass is 371 g/mol. The Morgan fingerprint density at radius 3 is 2.46 bits per heavy atom. The third kappa shape index (κ3) is 4.15. The van der Waals surface area contributed by atoms with Crippen molar-refractivity contribution in [3.63, 3.8) is 0 Å². The summed E-state index contributed by atoms with van der Waals surface area (Å²) in [6, 6.07) is 12.5. The largest absolute Gasteiger partial charge is 0.493 e. The number of hydrogen-bond acceptors (Lipinski definition) is 4. The first-order valence-electron chi connectivity index (χ1n) is 7.89. The van der Waals surface area contributed by atoms with Crippen LogP contribution in [0.3, 0.4) is 0 Å². The van der Waals surface area contributed by atoms with Gasteiger partial charge in [0.05, 0.1) is 32.0 Å². The van der Waals surface area contributed by atoms with Crippen molar-refractivity contribution in [2.75, 3.05) is 19.5 Å². The summed E-state index contributed by atoms with van der Waals surface area (Å²) in [5, 5.41) is 7.58. The minimum Gasteiger partial charge on any atom is -0.493 e. The zero-order chi connectivity index (χ0) is 18.5. The van der Waals surface area contributed by atoms with Crippen LogP contribution in [0.15, 0.2) is 54.9 Å². The molecule has 0 radical (unpaired) electrons. The molecule has 0 spiro atoms. The Hall–Kier alpha value is -2.99. The molecule has 134 valence electrons. The molecule has 0 aliphatic carbocycles. The average molecular weight is 372 g/mol. The zero-order valence-corrected chi connectivity index (χ0v) is 15.2. The van der Waals surface area contributed by atoms with Crippen LogP contribution in [0.25, 0.3) is 0 Å². The summed E-state index contributed by atoms with van der Waals surface area (Å²) in [6.45, 7) is 0.588. The zero-order valence-electron chi connectivity index (χ0n) is 14.4. The van der Waals surface area contributed by atoms with E-state index in [1.807, 2.05) is 12.1 Å². The third-order valence-corrected chi connectivity index (χ3v) is 4.00. The van der Waals surface area contributed by atoms with Gasteiger partial charge in [0.25, 0.3) is 5.91 Å². The van der Waals surface area contributed by atoms with E-state index in [0.29, 0.717) is 34.3 Å². The lowest BCUT2D eigenvalue weighted by molar-refractivity contribution is 0.102. The Balaban J connectivity index is 1.68. The van der Waals surface area contributed by atoms with Gasteiger partial charge >= 0.3 is 0 Å². The molecule has 0 unspecified atom stereocenters. The third-order valence-electron chi connectivity index (χ3n) is 3.80. The lowest BCUT2D eigenvalue weighted by atomic mass is 10.1. The molecule has 1 aromatic heterocycles. The van der Waals surface area contributed by atoms with Gasteiger partial charge in [-0.3, -0.25) is 9.48 Å². The van der Waals surface area contributed by atoms with Gasteiger partial charge in [-0.25, -0.2) is 0 Å². The highest BCUT2D eigenvalue weighted by Gasteiger charge is 2.09. The van der Waals surface area contributed by atoms with Gasteiger partial charge in [0.2, 0.25) is 0 Å². The van der Waals surface area contributed by atoms with Crippen LogP contribution in [-0.2, 0) is 6.54 Å². The van der Waals surface area contributed by atoms with Gasteiger partial charge in [0, 0.05) is 23.5 Å². The summed E-state index contributed by atoms with van der Waals surface area (Å²) in [5.74, 6) is 0.956. The van der Waals surface area contributed by atoms with Crippen molar-refractivity contribution in [2.24, 2.45) is 0 Å². The van der Waals surface area contributed by atoms with Gasteiger partial charge < -0.3 is 14.8 Å². The number of anilines is 1. The van der Waals surface area contributed by atoms with E-state index in [1.54, 1.807) is 61.6 Å². The molecule has 26 heavy (non-hydrogen) atoms. The number of carbonyl (C=O) groups excluding carboxylic acids is 1. The second-order valence-electron chi connectivity index (χ2n) is 5.58. The number of hydrogen-bond donors (Lipinski definition) is 1. The number of aromatic nitrogens is 2. The maximum Gasteiger partial charge on any atom is 0.255 e. The molecule has 0 aliphatic rings. The first kappa shape index (κ1) is 17.8. The van der Waals surface area contributed by atoms with Gasteiger partial charge in [-0.1, -0.05) is 23.7 Å². The molecule has 0 fully saturated rings. The van der Waals surface area contributed by atoms with Crippen LogP contribution in [0.4, 0.5) is 5.69 Å². The maximum absolute atomic E-state index is 12.4. The molecular weight excluding hydrogens is 354 g/mol. The summed E-state index contributed by atoms with van der Waals surface area (Å²) in [4.78, 5) is 12.4. The van der Waals surface area contributed by atoms with E-state index in [0.717, 1.165) is 5.56 Å². The molecule has 0 atom stereocenters. The standard InChI is InChI=1S/C19H18ClN3O3/c1-25-17-8-7-16(9-18(17)26-2)22-19(24)14-5-3-13(4-6-14)11-23-12-15(20)10-21-23/h3-10,12H,11H2,1-2H3,(H,22,24). The van der Waals surface area contributed by atoms with E-state index in [2.05, 4.69) is 10.4 Å². The number of rotatable bonds is 6. The first-order valence-corrected chi connectivity index (χ1v) is 8.27. The second-order valence-corrected chi connectivity index (χ2v) is 6.01. The van der Waals surface area contributed by atoms with Gasteiger partial charge in [0.15, 0.2) is 11.5 Å². The van der Waals surface area contributed by atoms with E-state index in [1.165, 1.54) is 0 Å². The minimum absolute atomic E-state index is 0.203. The molecule has 3 aromatic rings. The van der Waals surface area contributed by atoms with Crippen LogP contribution in [0.1, 0.15) is 15.9 Å². The van der Waals surface area contributed by atoms with E-state index in [-0.39, 0.29) is 5.91 Å². The van der Waals surface area contributed by atoms with Crippen molar-refractivity contribution in [1.29, 1.82) is 0 Å². The van der Waals surface area contributed by atoms with Crippen molar-refractivity contribution in [3.8, 4) is 11.5 Å². The Morgan fingerprint density at radius 2 is 1.85 bits per heavy atom. The summed E-state index contributed by atoms with van der Waals surface area (Å²) >= 11 is 5.86. The molecule has 7 heteroatoms. The van der Waals surface area contributed by atoms with Crippen molar-refractivity contribution >= 4 is 23.2 Å². The molecule has 1 N–H and O–H groups in total. The fourth-order valence-electron chi connectivity index (χ4n) is 2.49. The number of nitrogens with one attached hydrogen (secondary N) is 1. The van der Waals surface area contributed by atoms with E-state index in [9.17, 15) is 4.79 Å². The Bertz CT molecular complexity index is 907. The fourth-order valence-corrected chi connectivity index (χ4v) is 2.65. The van der Waals surface area contributed by atoms with E-state index < -0.39 is 0 Å². The molecule has 0 saturated heterocycles. The predicted molar refractivity (Wildman–Crippen MR) is 100 cm³/mol. The number of halogens is 1. The second kappa shape index (κ2) is 7.93. The number of amides is 1. The maximum atomic E-state index is 12.4. The molecule has 0 bridgehead atoms. The number of nitrogens with zero attached hydrogens (tertiary/aromatic N) is 2. The molecular formula is C19H18ClN3O3. The summed E-state index contributed by atoms with van der Waals surface area (Å²) in [6.07, 6.45) is 3.34. The van der Waals surface area contributed by atoms with Crippen LogP contribution in [0.5, 0.6) is 11.5 Å². The minimum atomic E-state index is -0.203. The van der Waals surface area contributed by atoms with Crippen molar-refractivity contribution in [1.82, 2.24) is 9.78 Å². The molecule has 1 amide bonds. The quantitative estimate of drug-likeness (QED) is 0.714. The molecule has 6 nitrogen and oxygen atoms in total. The summed E-state index contributed by atoms with van der Waals surface area (Å²) < 4.78 is 12.2. The fraction of sp³-hybridized carbons (Fsp3) is 0.158. The lowest BCUT2D eigenvalue weighted by Gasteiger charge is -2.11. The lowest BCUT2D eigenvalue weighted by Crippen LogP contribution is -2.12. The number of ether oxygens (including phenoxy) is 2. The Labute approximate surface area is 156 Å². The van der Waals surface area contributed by atoms with Crippen LogP contribution < -0.4 is 14.8 Å². The summed E-state index contributed by atoms with van der Waals surface area (Å²) in [5.41, 5.74) is 2.21. The van der Waals surface area contributed by atoms with Crippen molar-refractivity contribution in [3.05, 3.63) is 71.0 Å². The van der Waals surface area contributed by atoms with Gasteiger partial charge in [0.1, 0.15) is 0 Å². The van der Waals surface area contributed by atoms with Crippen LogP contribution in [0.2, 0.25) is 5.02 Å². The SMILES string of the molecule is COc1ccc(NC(=O)c2ccc(Cn3cc(Cl)cn3)cc2)cc1OC. The Kier molecular flexibility index (Phi) is 5.43. The van der Waals surface area contributed by atoms with Crippen molar-refractivity contribution in [2.45, 2.75) is 6.54 Å². The van der Waals surface area contributed by atoms with Crippen LogP contribution in [-0.4, -0.2) is 29.9 Å². The van der Waals surface area contributed by atoms with Crippen LogP contribution in [0, 0.1) is 0 Å². The molecule has 1 heterocycles. The Morgan fingerprint density at radius 1 is 1.12 bits per heavy atom. The topological polar surface area (TPSA) is 65.4 Å². The van der Waals surface area contributed by atoms with Gasteiger partial charge in [-0.05, 0) is 29.8 Å². The van der Waals surface area contributed by atoms with E-state index in [4.69, 9.17) is 21.1 Å². The van der Waals surface area contributed by atoms with E-state index >= 15 is 0 Å². The number of methoxy groups -OCH3 is 2. The highest BCUT2D eigenvalue weighted by Crippen LogP contribution is 2.29. The summed E-state index contributed by atoms with van der Waals surface area (Å²) in [7, 11) is 3.11. The van der Waals surface area contributed by atoms with Crippen LogP contribution >= 0.6 is 11.6 Å². The van der Waals surface area contributed by atoms with Gasteiger partial charge in [-0.2, -0.15) is 5.10 Å². The molecule has 3 rings (SSSR count). The molecule has 0 saturated carbocycles. The number of carbonyl (C=O) groups is 1.